The fraction of sp³-hybridized carbons (Fsp3) is 0.900. The minimum atomic E-state index is -0.678. The Morgan fingerprint density at radius 1 is 1.29 bits per heavy atom. The van der Waals surface area contributed by atoms with E-state index in [4.69, 9.17) is 5.11 Å². The van der Waals surface area contributed by atoms with E-state index < -0.39 is 5.97 Å². The summed E-state index contributed by atoms with van der Waals surface area (Å²) >= 11 is 0. The summed E-state index contributed by atoms with van der Waals surface area (Å²) in [6.07, 6.45) is 7.21. The topological polar surface area (TPSA) is 49.3 Å². The normalized spacial score (nSPS) is 29.9. The van der Waals surface area contributed by atoms with Crippen molar-refractivity contribution in [2.75, 3.05) is 6.54 Å². The Morgan fingerprint density at radius 3 is 2.43 bits per heavy atom. The van der Waals surface area contributed by atoms with Crippen LogP contribution in [-0.2, 0) is 4.79 Å². The maximum atomic E-state index is 10.8. The summed E-state index contributed by atoms with van der Waals surface area (Å²) in [6.45, 7) is 0.921. The van der Waals surface area contributed by atoms with Crippen LogP contribution < -0.4 is 5.32 Å². The quantitative estimate of drug-likeness (QED) is 0.707. The van der Waals surface area contributed by atoms with Gasteiger partial charge in [-0.2, -0.15) is 0 Å². The van der Waals surface area contributed by atoms with Gasteiger partial charge in [-0.3, -0.25) is 4.79 Å². The molecule has 0 amide bonds. The first kappa shape index (κ1) is 11.8. The van der Waals surface area contributed by atoms with Crippen LogP contribution in [-0.4, -0.2) is 23.7 Å². The molecule has 0 aromatic heterocycles. The Kier molecular flexibility index (Phi) is 3.78. The second-order valence-corrected chi connectivity index (χ2v) is 4.54. The van der Waals surface area contributed by atoms with Gasteiger partial charge in [-0.05, 0) is 24.7 Å². The molecule has 0 bridgehead atoms. The van der Waals surface area contributed by atoms with Crippen LogP contribution in [0, 0.1) is 5.41 Å². The van der Waals surface area contributed by atoms with E-state index in [0.29, 0.717) is 5.41 Å². The molecular weight excluding hydrogens is 202 g/mol. The van der Waals surface area contributed by atoms with Crippen LogP contribution in [0.3, 0.4) is 0 Å². The summed E-state index contributed by atoms with van der Waals surface area (Å²) in [5.41, 5.74) is 0.335. The predicted octanol–water partition coefficient (Wildman–Crippen LogP) is 1.81. The smallest absolute Gasteiger partial charge is 0.320 e. The maximum Gasteiger partial charge on any atom is 0.320 e. The predicted molar refractivity (Wildman–Crippen MR) is 56.8 cm³/mol. The maximum absolute atomic E-state index is 10.8. The van der Waals surface area contributed by atoms with Crippen LogP contribution in [0.25, 0.3) is 0 Å². The molecule has 0 radical (unpaired) electrons. The highest BCUT2D eigenvalue weighted by Crippen LogP contribution is 2.42. The lowest BCUT2D eigenvalue weighted by molar-refractivity contribution is -0.139. The van der Waals surface area contributed by atoms with Gasteiger partial charge in [0.1, 0.15) is 6.04 Å². The number of aliphatic carboxylic acids is 1. The second-order valence-electron chi connectivity index (χ2n) is 4.54. The van der Waals surface area contributed by atoms with Gasteiger partial charge >= 0.3 is 5.97 Å². The summed E-state index contributed by atoms with van der Waals surface area (Å²) in [7, 11) is 0. The number of carboxylic acid groups (broad SMARTS) is 1. The third-order valence-electron chi connectivity index (χ3n) is 3.57. The summed E-state index contributed by atoms with van der Waals surface area (Å²) < 4.78 is 0. The zero-order valence-corrected chi connectivity index (χ0v) is 9.11. The van der Waals surface area contributed by atoms with Crippen molar-refractivity contribution >= 4 is 18.4 Å². The largest absolute Gasteiger partial charge is 0.480 e. The highest BCUT2D eigenvalue weighted by Gasteiger charge is 2.41. The molecule has 1 unspecified atom stereocenters. The summed E-state index contributed by atoms with van der Waals surface area (Å²) in [6, 6.07) is -0.280. The van der Waals surface area contributed by atoms with Gasteiger partial charge in [-0.25, -0.2) is 0 Å². The van der Waals surface area contributed by atoms with Crippen molar-refractivity contribution in [3.63, 3.8) is 0 Å². The van der Waals surface area contributed by atoms with Crippen molar-refractivity contribution in [1.29, 1.82) is 0 Å². The van der Waals surface area contributed by atoms with Crippen LogP contribution in [0.2, 0.25) is 0 Å². The highest BCUT2D eigenvalue weighted by molar-refractivity contribution is 5.85. The zero-order chi connectivity index (χ0) is 9.31. The van der Waals surface area contributed by atoms with Gasteiger partial charge in [0, 0.05) is 6.54 Å². The number of carbonyl (C=O) groups is 1. The van der Waals surface area contributed by atoms with Crippen molar-refractivity contribution in [2.45, 2.75) is 44.6 Å². The van der Waals surface area contributed by atoms with E-state index >= 15 is 0 Å². The van der Waals surface area contributed by atoms with Gasteiger partial charge in [0.15, 0.2) is 0 Å². The number of hydrogen-bond acceptors (Lipinski definition) is 2. The third-order valence-corrected chi connectivity index (χ3v) is 3.57. The van der Waals surface area contributed by atoms with Crippen LogP contribution in [0.4, 0.5) is 0 Å². The molecule has 1 spiro atoms. The van der Waals surface area contributed by atoms with Crippen molar-refractivity contribution in [1.82, 2.24) is 5.32 Å². The number of hydrogen-bond donors (Lipinski definition) is 2. The second kappa shape index (κ2) is 4.49. The zero-order valence-electron chi connectivity index (χ0n) is 8.29. The lowest BCUT2D eigenvalue weighted by Crippen LogP contribution is -2.30. The molecule has 0 aromatic rings. The molecule has 2 rings (SSSR count). The van der Waals surface area contributed by atoms with E-state index in [2.05, 4.69) is 5.32 Å². The first-order chi connectivity index (χ1) is 6.22. The Hall–Kier alpha value is -0.280. The highest BCUT2D eigenvalue weighted by atomic mass is 35.5. The molecular formula is C10H18ClNO2. The molecule has 4 heteroatoms. The first-order valence-electron chi connectivity index (χ1n) is 5.18. The minimum absolute atomic E-state index is 0. The fourth-order valence-electron chi connectivity index (χ4n) is 2.77. The van der Waals surface area contributed by atoms with Crippen LogP contribution in [0.5, 0.6) is 0 Å². The summed E-state index contributed by atoms with van der Waals surface area (Å²) in [4.78, 5) is 10.8. The van der Waals surface area contributed by atoms with Crippen molar-refractivity contribution < 1.29 is 9.90 Å². The van der Waals surface area contributed by atoms with E-state index in [1.165, 1.54) is 32.1 Å². The van der Waals surface area contributed by atoms with E-state index in [1.807, 2.05) is 0 Å². The Balaban J connectivity index is 0.000000980. The van der Waals surface area contributed by atoms with E-state index in [1.54, 1.807) is 0 Å². The lowest BCUT2D eigenvalue weighted by Gasteiger charge is -2.32. The van der Waals surface area contributed by atoms with Gasteiger partial charge in [-0.1, -0.05) is 19.3 Å². The molecule has 0 aromatic carbocycles. The fourth-order valence-corrected chi connectivity index (χ4v) is 2.77. The molecule has 14 heavy (non-hydrogen) atoms. The molecule has 3 nitrogen and oxygen atoms in total. The lowest BCUT2D eigenvalue weighted by atomic mass is 9.73. The Labute approximate surface area is 90.7 Å². The molecule has 1 aliphatic heterocycles. The van der Waals surface area contributed by atoms with Crippen molar-refractivity contribution in [3.8, 4) is 0 Å². The molecule has 2 aliphatic rings. The Morgan fingerprint density at radius 2 is 1.93 bits per heavy atom. The van der Waals surface area contributed by atoms with E-state index in [9.17, 15) is 4.79 Å². The summed E-state index contributed by atoms with van der Waals surface area (Å²) in [5, 5.41) is 12.0. The minimum Gasteiger partial charge on any atom is -0.480 e. The Bertz CT molecular complexity index is 214. The number of rotatable bonds is 1. The molecule has 1 heterocycles. The van der Waals surface area contributed by atoms with Crippen LogP contribution in [0.1, 0.15) is 38.5 Å². The molecule has 1 saturated heterocycles. The third kappa shape index (κ3) is 2.20. The molecule has 1 aliphatic carbocycles. The van der Waals surface area contributed by atoms with Gasteiger partial charge in [0.05, 0.1) is 0 Å². The molecule has 2 fully saturated rings. The molecule has 1 saturated carbocycles. The number of carboxylic acids is 1. The van der Waals surface area contributed by atoms with Crippen molar-refractivity contribution in [3.05, 3.63) is 0 Å². The molecule has 2 N–H and O–H groups in total. The van der Waals surface area contributed by atoms with Gasteiger partial charge in [0.2, 0.25) is 0 Å². The monoisotopic (exact) mass is 219 g/mol. The molecule has 1 atom stereocenters. The average molecular weight is 220 g/mol. The van der Waals surface area contributed by atoms with Crippen LogP contribution >= 0.6 is 12.4 Å². The van der Waals surface area contributed by atoms with Crippen LogP contribution in [0.15, 0.2) is 0 Å². The number of halogens is 1. The van der Waals surface area contributed by atoms with Gasteiger partial charge < -0.3 is 10.4 Å². The van der Waals surface area contributed by atoms with E-state index in [0.717, 1.165) is 13.0 Å². The standard InChI is InChI=1S/C10H17NO2.ClH/c12-9(13)8-6-10(7-11-8)4-2-1-3-5-10;/h8,11H,1-7H2,(H,12,13);1H. The average Bonchev–Trinajstić information content (AvgIpc) is 2.51. The number of nitrogens with one attached hydrogen (secondary N) is 1. The SMILES string of the molecule is Cl.O=C(O)C1CC2(CCCCC2)CN1. The van der Waals surface area contributed by atoms with Gasteiger partial charge in [-0.15, -0.1) is 12.4 Å². The van der Waals surface area contributed by atoms with E-state index in [-0.39, 0.29) is 18.4 Å². The first-order valence-corrected chi connectivity index (χ1v) is 5.18. The summed E-state index contributed by atoms with van der Waals surface area (Å²) in [5.74, 6) is -0.678. The van der Waals surface area contributed by atoms with Crippen molar-refractivity contribution in [2.24, 2.45) is 5.41 Å². The van der Waals surface area contributed by atoms with Gasteiger partial charge in [0.25, 0.3) is 0 Å². The molecule has 82 valence electrons.